The molecule has 0 radical (unpaired) electrons. The Labute approximate surface area is 101 Å². The van der Waals surface area contributed by atoms with Crippen LogP contribution in [0.25, 0.3) is 0 Å². The van der Waals surface area contributed by atoms with Crippen LogP contribution in [0.15, 0.2) is 6.33 Å². The first-order valence-electron chi connectivity index (χ1n) is 6.20. The molecule has 17 heavy (non-hydrogen) atoms. The van der Waals surface area contributed by atoms with Gasteiger partial charge >= 0.3 is 0 Å². The van der Waals surface area contributed by atoms with Crippen molar-refractivity contribution in [2.75, 3.05) is 11.4 Å². The lowest BCUT2D eigenvalue weighted by molar-refractivity contribution is 0.133. The third-order valence-electron chi connectivity index (χ3n) is 3.50. The predicted octanol–water partition coefficient (Wildman–Crippen LogP) is 0.823. The predicted molar refractivity (Wildman–Crippen MR) is 64.5 cm³/mol. The highest BCUT2D eigenvalue weighted by molar-refractivity contribution is 5.52. The van der Waals surface area contributed by atoms with Crippen molar-refractivity contribution in [1.29, 1.82) is 0 Å². The summed E-state index contributed by atoms with van der Waals surface area (Å²) in [4.78, 5) is 11.1. The molecule has 1 unspecified atom stereocenters. The third-order valence-corrected chi connectivity index (χ3v) is 3.50. The highest BCUT2D eigenvalue weighted by atomic mass is 16.5. The maximum atomic E-state index is 5.80. The average Bonchev–Trinajstić information content (AvgIpc) is 3.06. The lowest BCUT2D eigenvalue weighted by Gasteiger charge is -2.30. The molecule has 1 aromatic heterocycles. The Kier molecular flexibility index (Phi) is 2.72. The van der Waals surface area contributed by atoms with Crippen LogP contribution < -0.4 is 10.6 Å². The first kappa shape index (κ1) is 10.9. The highest BCUT2D eigenvalue weighted by Gasteiger charge is 2.35. The quantitative estimate of drug-likeness (QED) is 0.835. The summed E-state index contributed by atoms with van der Waals surface area (Å²) >= 11 is 0. The summed E-state index contributed by atoms with van der Waals surface area (Å²) in [7, 11) is 0. The molecule has 2 N–H and O–H groups in total. The maximum absolute atomic E-state index is 5.80. The summed E-state index contributed by atoms with van der Waals surface area (Å²) < 4.78 is 5.46. The van der Waals surface area contributed by atoms with E-state index in [0.29, 0.717) is 31.8 Å². The van der Waals surface area contributed by atoms with Crippen molar-refractivity contribution >= 4 is 5.82 Å². The zero-order valence-corrected chi connectivity index (χ0v) is 10.1. The Balaban J connectivity index is 1.98. The molecule has 1 saturated carbocycles. The van der Waals surface area contributed by atoms with Crippen molar-refractivity contribution in [3.63, 3.8) is 0 Å². The van der Waals surface area contributed by atoms with Crippen LogP contribution in [0, 0.1) is 0 Å². The van der Waals surface area contributed by atoms with Gasteiger partial charge in [0.05, 0.1) is 18.9 Å². The maximum Gasteiger partial charge on any atom is 0.138 e. The molecule has 2 heterocycles. The lowest BCUT2D eigenvalue weighted by atomic mass is 10.2. The third kappa shape index (κ3) is 1.89. The molecule has 0 bridgehead atoms. The monoisotopic (exact) mass is 234 g/mol. The van der Waals surface area contributed by atoms with Gasteiger partial charge in [-0.15, -0.1) is 0 Å². The molecular formula is C12H18N4O. The van der Waals surface area contributed by atoms with Crippen LogP contribution in [0.2, 0.25) is 0 Å². The second-order valence-corrected chi connectivity index (χ2v) is 4.84. The van der Waals surface area contributed by atoms with E-state index in [1.165, 1.54) is 12.8 Å². The van der Waals surface area contributed by atoms with Gasteiger partial charge in [0.2, 0.25) is 0 Å². The lowest BCUT2D eigenvalue weighted by Crippen LogP contribution is -2.41. The molecule has 92 valence electrons. The molecule has 0 aromatic carbocycles. The number of nitrogens with zero attached hydrogens (tertiary/aromatic N) is 3. The van der Waals surface area contributed by atoms with Crippen LogP contribution in [0.5, 0.6) is 0 Å². The fourth-order valence-electron chi connectivity index (χ4n) is 2.39. The van der Waals surface area contributed by atoms with E-state index in [1.807, 2.05) is 0 Å². The number of ether oxygens (including phenoxy) is 1. The van der Waals surface area contributed by atoms with Crippen LogP contribution in [0.4, 0.5) is 5.82 Å². The van der Waals surface area contributed by atoms with Gasteiger partial charge in [-0.1, -0.05) is 0 Å². The minimum Gasteiger partial charge on any atom is -0.370 e. The van der Waals surface area contributed by atoms with Crippen LogP contribution in [-0.2, 0) is 18.0 Å². The Morgan fingerprint density at radius 3 is 3.00 bits per heavy atom. The van der Waals surface area contributed by atoms with Crippen molar-refractivity contribution < 1.29 is 4.74 Å². The molecule has 2 aliphatic rings. The van der Waals surface area contributed by atoms with Crippen LogP contribution in [-0.4, -0.2) is 28.6 Å². The Morgan fingerprint density at radius 2 is 2.29 bits per heavy atom. The fraction of sp³-hybridized carbons (Fsp3) is 0.667. The zero-order valence-electron chi connectivity index (χ0n) is 10.1. The first-order chi connectivity index (χ1) is 8.31. The minimum absolute atomic E-state index is 0.321. The molecule has 0 amide bonds. The SMILES string of the molecule is CC(CN)N(c1ncnc2c1COC2)C1CC1. The highest BCUT2D eigenvalue weighted by Crippen LogP contribution is 2.36. The average molecular weight is 234 g/mol. The number of hydrogen-bond acceptors (Lipinski definition) is 5. The van der Waals surface area contributed by atoms with E-state index in [2.05, 4.69) is 21.8 Å². The topological polar surface area (TPSA) is 64.3 Å². The van der Waals surface area contributed by atoms with E-state index in [9.17, 15) is 0 Å². The van der Waals surface area contributed by atoms with E-state index >= 15 is 0 Å². The summed E-state index contributed by atoms with van der Waals surface area (Å²) in [5.74, 6) is 1.04. The molecule has 0 saturated heterocycles. The second kappa shape index (κ2) is 4.23. The van der Waals surface area contributed by atoms with E-state index in [1.54, 1.807) is 6.33 Å². The van der Waals surface area contributed by atoms with Crippen LogP contribution in [0.1, 0.15) is 31.0 Å². The van der Waals surface area contributed by atoms with Gasteiger partial charge in [-0.3, -0.25) is 0 Å². The van der Waals surface area contributed by atoms with Gasteiger partial charge in [-0.05, 0) is 19.8 Å². The van der Waals surface area contributed by atoms with Gasteiger partial charge in [0.1, 0.15) is 12.1 Å². The Morgan fingerprint density at radius 1 is 1.47 bits per heavy atom. The summed E-state index contributed by atoms with van der Waals surface area (Å²) in [6, 6.07) is 0.926. The summed E-state index contributed by atoms with van der Waals surface area (Å²) in [6.07, 6.45) is 4.12. The number of aromatic nitrogens is 2. The van der Waals surface area contributed by atoms with E-state index in [0.717, 1.165) is 17.1 Å². The summed E-state index contributed by atoms with van der Waals surface area (Å²) in [5, 5.41) is 0. The molecule has 1 aliphatic heterocycles. The molecule has 1 aromatic rings. The Bertz CT molecular complexity index is 419. The number of hydrogen-bond donors (Lipinski definition) is 1. The van der Waals surface area contributed by atoms with Gasteiger partial charge in [0, 0.05) is 24.2 Å². The molecule has 1 atom stereocenters. The number of nitrogens with two attached hydrogens (primary N) is 1. The first-order valence-corrected chi connectivity index (χ1v) is 6.20. The zero-order chi connectivity index (χ0) is 11.8. The van der Waals surface area contributed by atoms with Crippen molar-refractivity contribution in [1.82, 2.24) is 9.97 Å². The standard InChI is InChI=1S/C12H18N4O/c1-8(4-13)16(9-2-3-9)12-10-5-17-6-11(10)14-7-15-12/h7-9H,2-6,13H2,1H3. The van der Waals surface area contributed by atoms with Gasteiger partial charge in [-0.25, -0.2) is 9.97 Å². The Hall–Kier alpha value is -1.20. The molecule has 3 rings (SSSR count). The summed E-state index contributed by atoms with van der Waals surface area (Å²) in [5.41, 5.74) is 7.99. The van der Waals surface area contributed by atoms with Gasteiger partial charge in [0.25, 0.3) is 0 Å². The molecule has 5 heteroatoms. The molecule has 5 nitrogen and oxygen atoms in total. The fourth-order valence-corrected chi connectivity index (χ4v) is 2.39. The second-order valence-electron chi connectivity index (χ2n) is 4.84. The van der Waals surface area contributed by atoms with Crippen LogP contribution >= 0.6 is 0 Å². The van der Waals surface area contributed by atoms with Crippen molar-refractivity contribution in [2.45, 2.75) is 45.1 Å². The smallest absolute Gasteiger partial charge is 0.138 e. The van der Waals surface area contributed by atoms with Gasteiger partial charge in [0.15, 0.2) is 0 Å². The van der Waals surface area contributed by atoms with Crippen molar-refractivity contribution in [3.8, 4) is 0 Å². The normalized spacial score (nSPS) is 20.1. The van der Waals surface area contributed by atoms with Gasteiger partial charge < -0.3 is 15.4 Å². The number of rotatable bonds is 4. The largest absolute Gasteiger partial charge is 0.370 e. The number of fused-ring (bicyclic) bond motifs is 1. The minimum atomic E-state index is 0.321. The van der Waals surface area contributed by atoms with E-state index in [-0.39, 0.29) is 0 Å². The molecule has 1 aliphatic carbocycles. The van der Waals surface area contributed by atoms with Crippen molar-refractivity contribution in [2.24, 2.45) is 5.73 Å². The van der Waals surface area contributed by atoms with Gasteiger partial charge in [-0.2, -0.15) is 0 Å². The summed E-state index contributed by atoms with van der Waals surface area (Å²) in [6.45, 7) is 4.05. The molecule has 1 fully saturated rings. The van der Waals surface area contributed by atoms with Crippen molar-refractivity contribution in [3.05, 3.63) is 17.6 Å². The van der Waals surface area contributed by atoms with E-state index < -0.39 is 0 Å². The van der Waals surface area contributed by atoms with Crippen LogP contribution in [0.3, 0.4) is 0 Å². The van der Waals surface area contributed by atoms with E-state index in [4.69, 9.17) is 10.5 Å². The molecule has 0 spiro atoms. The molecular weight excluding hydrogens is 216 g/mol. The number of anilines is 1.